The molecule has 0 aliphatic rings. The molecule has 6 heteroatoms. The van der Waals surface area contributed by atoms with Gasteiger partial charge in [0.25, 0.3) is 0 Å². The van der Waals surface area contributed by atoms with Gasteiger partial charge in [-0.3, -0.25) is 4.98 Å². The van der Waals surface area contributed by atoms with E-state index in [2.05, 4.69) is 148 Å². The smallest absolute Gasteiger partial charge is 0.497 e. The molecule has 0 N–H and O–H groups in total. The quantitative estimate of drug-likeness (QED) is 0.102. The van der Waals surface area contributed by atoms with Gasteiger partial charge in [-0.2, -0.15) is 0 Å². The number of hydrogen-bond donors (Lipinski definition) is 0. The van der Waals surface area contributed by atoms with Gasteiger partial charge in [0.05, 0.1) is 27.7 Å². The monoisotopic (exact) mass is 780 g/mol. The zero-order valence-electron chi connectivity index (χ0n) is 28.5. The molecule has 254 valence electrons. The first kappa shape index (κ1) is 31.0. The Bertz CT molecular complexity index is 3460. The molecule has 0 bridgehead atoms. The van der Waals surface area contributed by atoms with Crippen molar-refractivity contribution in [3.05, 3.63) is 170 Å². The average molecular weight is 781 g/mol. The van der Waals surface area contributed by atoms with Gasteiger partial charge in [-0.25, -0.2) is 0 Å². The van der Waals surface area contributed by atoms with Gasteiger partial charge in [0.1, 0.15) is 0 Å². The van der Waals surface area contributed by atoms with E-state index in [9.17, 15) is 0 Å². The van der Waals surface area contributed by atoms with Crippen LogP contribution in [0.2, 0.25) is 0 Å². The van der Waals surface area contributed by atoms with Crippen molar-refractivity contribution < 1.29 is 25.2 Å². The number of ether oxygens (including phenoxy) is 1. The zero-order chi connectivity index (χ0) is 34.6. The SMILES string of the molecule is [Pd+2].[c-]1c(Oc2[c-]c3c(cc2)c2ccc4c(c5ccccc5n4-c4ccccc4)c2n2c4ccccc4nc32)ccc2c1c1ncccc1c1ccccc21. The molecule has 8 aromatic carbocycles. The Morgan fingerprint density at radius 3 is 1.93 bits per heavy atom. The van der Waals surface area contributed by atoms with Gasteiger partial charge in [-0.05, 0) is 64.1 Å². The van der Waals surface area contributed by atoms with E-state index in [1.807, 2.05) is 30.5 Å². The molecule has 12 aromatic rings. The van der Waals surface area contributed by atoms with Crippen molar-refractivity contribution in [1.82, 2.24) is 18.9 Å². The first-order chi connectivity index (χ1) is 26.3. The van der Waals surface area contributed by atoms with E-state index < -0.39 is 0 Å². The third kappa shape index (κ3) is 4.30. The number of fused-ring (bicyclic) bond motifs is 18. The third-order valence-corrected chi connectivity index (χ3v) is 10.7. The van der Waals surface area contributed by atoms with Crippen molar-refractivity contribution in [2.24, 2.45) is 0 Å². The Labute approximate surface area is 322 Å². The van der Waals surface area contributed by atoms with E-state index in [4.69, 9.17) is 14.7 Å². The number of imidazole rings is 1. The van der Waals surface area contributed by atoms with Crippen molar-refractivity contribution in [1.29, 1.82) is 0 Å². The molecule has 0 radical (unpaired) electrons. The molecule has 0 aliphatic heterocycles. The molecule has 5 nitrogen and oxygen atoms in total. The van der Waals surface area contributed by atoms with E-state index in [1.165, 1.54) is 21.5 Å². The van der Waals surface area contributed by atoms with E-state index in [-0.39, 0.29) is 20.4 Å². The summed E-state index contributed by atoms with van der Waals surface area (Å²) in [6.45, 7) is 0. The van der Waals surface area contributed by atoms with Crippen molar-refractivity contribution in [3.8, 4) is 17.2 Å². The molecule has 0 saturated carbocycles. The second kappa shape index (κ2) is 11.7. The van der Waals surface area contributed by atoms with Crippen LogP contribution in [-0.2, 0) is 20.4 Å². The Balaban J connectivity index is 0.00000341. The van der Waals surface area contributed by atoms with E-state index in [0.29, 0.717) is 11.5 Å². The van der Waals surface area contributed by atoms with Crippen molar-refractivity contribution in [2.75, 3.05) is 0 Å². The van der Waals surface area contributed by atoms with Crippen LogP contribution in [0.4, 0.5) is 0 Å². The van der Waals surface area contributed by atoms with E-state index >= 15 is 0 Å². The van der Waals surface area contributed by atoms with E-state index in [1.54, 1.807) is 0 Å². The summed E-state index contributed by atoms with van der Waals surface area (Å²) in [7, 11) is 0. The van der Waals surface area contributed by atoms with Crippen LogP contribution in [0.3, 0.4) is 0 Å². The number of para-hydroxylation sites is 4. The second-order valence-corrected chi connectivity index (χ2v) is 13.6. The van der Waals surface area contributed by atoms with Crippen molar-refractivity contribution >= 4 is 92.6 Å². The Morgan fingerprint density at radius 2 is 1.11 bits per heavy atom. The van der Waals surface area contributed by atoms with Gasteiger partial charge >= 0.3 is 20.4 Å². The van der Waals surface area contributed by atoms with Crippen LogP contribution in [0.15, 0.2) is 158 Å². The maximum Gasteiger partial charge on any atom is 2.00 e. The molecular formula is C48H26N4OPd. The average Bonchev–Trinajstić information content (AvgIpc) is 3.78. The van der Waals surface area contributed by atoms with Crippen LogP contribution >= 0.6 is 0 Å². The van der Waals surface area contributed by atoms with Gasteiger partial charge < -0.3 is 18.7 Å². The second-order valence-electron chi connectivity index (χ2n) is 13.6. The molecule has 4 heterocycles. The standard InChI is InChI=1S/C48H26N4O.Pd/c1-2-11-29(12-3-1)51-42-18-8-6-15-38(42)45-44(51)25-24-37-35-23-21-31(28-40(35)48-50-41-17-7-9-19-43(41)52(48)47(37)45)53-30-20-22-34-32-13-4-5-14-33(32)36-16-10-26-49-46(36)39(34)27-30;/h1-26H;/q-2;+2. The molecule has 0 unspecified atom stereocenters. The fraction of sp³-hybridized carbons (Fsp3) is 0. The number of pyridine rings is 2. The first-order valence-corrected chi connectivity index (χ1v) is 17.8. The fourth-order valence-corrected chi connectivity index (χ4v) is 8.54. The molecular weight excluding hydrogens is 755 g/mol. The van der Waals surface area contributed by atoms with Crippen molar-refractivity contribution in [2.45, 2.75) is 0 Å². The molecule has 0 atom stereocenters. The Kier molecular flexibility index (Phi) is 6.72. The van der Waals surface area contributed by atoms with Crippen molar-refractivity contribution in [3.63, 3.8) is 0 Å². The Morgan fingerprint density at radius 1 is 0.481 bits per heavy atom. The molecule has 12 rings (SSSR count). The summed E-state index contributed by atoms with van der Waals surface area (Å²) in [5, 5.41) is 11.0. The number of aromatic nitrogens is 4. The largest absolute Gasteiger partial charge is 2.00 e. The maximum atomic E-state index is 6.59. The molecule has 4 aromatic heterocycles. The third-order valence-electron chi connectivity index (χ3n) is 10.7. The van der Waals surface area contributed by atoms with Gasteiger partial charge in [-0.15, -0.1) is 17.5 Å². The number of nitrogens with zero attached hydrogens (tertiary/aromatic N) is 4. The normalized spacial score (nSPS) is 11.9. The molecule has 0 aliphatic carbocycles. The van der Waals surface area contributed by atoms with Crippen LogP contribution in [0.25, 0.3) is 98.3 Å². The molecule has 0 amide bonds. The summed E-state index contributed by atoms with van der Waals surface area (Å²) in [6, 6.07) is 60.2. The van der Waals surface area contributed by atoms with Gasteiger partial charge in [-0.1, -0.05) is 131 Å². The predicted octanol–water partition coefficient (Wildman–Crippen LogP) is 12.1. The Hall–Kier alpha value is -6.58. The maximum absolute atomic E-state index is 6.59. The van der Waals surface area contributed by atoms with Gasteiger partial charge in [0.15, 0.2) is 0 Å². The molecule has 0 saturated heterocycles. The van der Waals surface area contributed by atoms with Crippen LogP contribution < -0.4 is 4.74 Å². The summed E-state index contributed by atoms with van der Waals surface area (Å²) in [6.07, 6.45) is 1.84. The minimum Gasteiger partial charge on any atom is -0.497 e. The first-order valence-electron chi connectivity index (χ1n) is 17.8. The minimum absolute atomic E-state index is 0. The van der Waals surface area contributed by atoms with Gasteiger partial charge in [0, 0.05) is 39.7 Å². The predicted molar refractivity (Wildman–Crippen MR) is 217 cm³/mol. The number of hydrogen-bond acceptors (Lipinski definition) is 3. The summed E-state index contributed by atoms with van der Waals surface area (Å²) < 4.78 is 11.3. The topological polar surface area (TPSA) is 44.4 Å². The van der Waals surface area contributed by atoms with E-state index in [0.717, 1.165) is 76.8 Å². The number of benzene rings is 8. The summed E-state index contributed by atoms with van der Waals surface area (Å²) in [5.41, 5.74) is 8.29. The van der Waals surface area contributed by atoms with Crippen LogP contribution in [0.1, 0.15) is 0 Å². The zero-order valence-corrected chi connectivity index (χ0v) is 30.1. The minimum atomic E-state index is 0. The summed E-state index contributed by atoms with van der Waals surface area (Å²) >= 11 is 0. The molecule has 54 heavy (non-hydrogen) atoms. The van der Waals surface area contributed by atoms with Crippen LogP contribution in [-0.4, -0.2) is 18.9 Å². The molecule has 0 spiro atoms. The van der Waals surface area contributed by atoms with Crippen LogP contribution in [0, 0.1) is 12.1 Å². The van der Waals surface area contributed by atoms with Gasteiger partial charge in [0.2, 0.25) is 0 Å². The summed E-state index contributed by atoms with van der Waals surface area (Å²) in [4.78, 5) is 10.0. The fourth-order valence-electron chi connectivity index (χ4n) is 8.54. The molecule has 0 fully saturated rings. The van der Waals surface area contributed by atoms with Crippen LogP contribution in [0.5, 0.6) is 11.5 Å². The summed E-state index contributed by atoms with van der Waals surface area (Å²) in [5.74, 6) is 1.21. The number of rotatable bonds is 3.